The van der Waals surface area contributed by atoms with Gasteiger partial charge in [0.25, 0.3) is 0 Å². The van der Waals surface area contributed by atoms with E-state index >= 15 is 0 Å². The van der Waals surface area contributed by atoms with Gasteiger partial charge in [-0.25, -0.2) is 9.97 Å². The minimum absolute atomic E-state index is 0.826. The molecule has 0 unspecified atom stereocenters. The molecule has 0 radical (unpaired) electrons. The van der Waals surface area contributed by atoms with Crippen molar-refractivity contribution in [1.29, 1.82) is 0 Å². The molecule has 4 nitrogen and oxygen atoms in total. The Hall–Kier alpha value is -7.04. The maximum absolute atomic E-state index is 5.59. The highest BCUT2D eigenvalue weighted by molar-refractivity contribution is 6.32. The molecule has 0 bridgehead atoms. The van der Waals surface area contributed by atoms with E-state index in [1.807, 2.05) is 0 Å². The molecule has 0 aliphatic heterocycles. The van der Waals surface area contributed by atoms with E-state index < -0.39 is 0 Å². The topological polar surface area (TPSA) is 35.1 Å². The van der Waals surface area contributed by atoms with E-state index in [-0.39, 0.29) is 0 Å². The molecule has 0 aliphatic rings. The van der Waals surface area contributed by atoms with Crippen molar-refractivity contribution in [2.45, 2.75) is 0 Å². The summed E-state index contributed by atoms with van der Waals surface area (Å²) in [4.78, 5) is 11.0. The number of hydrogen-bond donors (Lipinski definition) is 0. The number of para-hydroxylation sites is 1. The molecule has 0 saturated heterocycles. The zero-order valence-electron chi connectivity index (χ0n) is 28.0. The van der Waals surface area contributed by atoms with Crippen LogP contribution in [-0.4, -0.2) is 18.9 Å². The summed E-state index contributed by atoms with van der Waals surface area (Å²) in [7, 11) is 0. The van der Waals surface area contributed by atoms with Crippen molar-refractivity contribution in [3.05, 3.63) is 170 Å². The van der Waals surface area contributed by atoms with Crippen LogP contribution < -0.4 is 0 Å². The van der Waals surface area contributed by atoms with Crippen LogP contribution in [0.25, 0.3) is 110 Å². The summed E-state index contributed by atoms with van der Waals surface area (Å²) in [5, 5.41) is 9.69. The lowest BCUT2D eigenvalue weighted by molar-refractivity contribution is 1.08. The smallest absolute Gasteiger partial charge is 0.165 e. The van der Waals surface area contributed by atoms with Crippen molar-refractivity contribution in [3.63, 3.8) is 0 Å². The van der Waals surface area contributed by atoms with Gasteiger partial charge in [0.15, 0.2) is 5.82 Å². The van der Waals surface area contributed by atoms with Gasteiger partial charge in [-0.05, 0) is 52.2 Å². The fourth-order valence-electron chi connectivity index (χ4n) is 8.90. The van der Waals surface area contributed by atoms with Crippen molar-refractivity contribution < 1.29 is 0 Å². The van der Waals surface area contributed by atoms with Crippen LogP contribution in [0, 0.1) is 0 Å². The Morgan fingerprint density at radius 1 is 0.385 bits per heavy atom. The zero-order valence-corrected chi connectivity index (χ0v) is 28.0. The molecule has 12 aromatic rings. The SMILES string of the molecule is c1ccc(-c2nc3ccc4ccccc4c3nc2-n2c3cccc4c5cccc6c7c(-c8ccccc8)cccc7n(c7cccc2c7c43)c56)cc1. The van der Waals surface area contributed by atoms with Gasteiger partial charge in [0, 0.05) is 37.9 Å². The molecular weight excluding hydrogens is 633 g/mol. The van der Waals surface area contributed by atoms with E-state index in [9.17, 15) is 0 Å². The van der Waals surface area contributed by atoms with Gasteiger partial charge in [-0.15, -0.1) is 0 Å². The predicted molar refractivity (Wildman–Crippen MR) is 217 cm³/mol. The Balaban J connectivity index is 1.30. The summed E-state index contributed by atoms with van der Waals surface area (Å²) in [6, 6.07) is 61.0. The molecular formula is C48H28N4. The molecule has 0 spiro atoms. The van der Waals surface area contributed by atoms with E-state index in [4.69, 9.17) is 9.97 Å². The van der Waals surface area contributed by atoms with E-state index in [2.05, 4.69) is 179 Å². The Bertz CT molecular complexity index is 3390. The fourth-order valence-corrected chi connectivity index (χ4v) is 8.90. The second-order valence-electron chi connectivity index (χ2n) is 13.7. The lowest BCUT2D eigenvalue weighted by Gasteiger charge is -2.15. The lowest BCUT2D eigenvalue weighted by atomic mass is 9.98. The van der Waals surface area contributed by atoms with Gasteiger partial charge in [-0.1, -0.05) is 140 Å². The molecule has 4 heteroatoms. The number of aromatic nitrogens is 4. The maximum Gasteiger partial charge on any atom is 0.165 e. The van der Waals surface area contributed by atoms with Crippen LogP contribution in [-0.2, 0) is 0 Å². The number of benzene rings is 8. The third-order valence-corrected chi connectivity index (χ3v) is 11.0. The summed E-state index contributed by atoms with van der Waals surface area (Å²) in [5.74, 6) is 0.826. The second kappa shape index (κ2) is 10.3. The molecule has 0 aliphatic carbocycles. The highest BCUT2D eigenvalue weighted by atomic mass is 15.1. The van der Waals surface area contributed by atoms with Gasteiger partial charge in [-0.2, -0.15) is 0 Å². The first-order valence-corrected chi connectivity index (χ1v) is 17.8. The minimum Gasteiger partial charge on any atom is -0.308 e. The predicted octanol–water partition coefficient (Wildman–Crippen LogP) is 12.4. The monoisotopic (exact) mass is 660 g/mol. The quantitative estimate of drug-likeness (QED) is 0.177. The molecule has 0 amide bonds. The number of nitrogens with zero attached hydrogens (tertiary/aromatic N) is 4. The van der Waals surface area contributed by atoms with Crippen molar-refractivity contribution in [1.82, 2.24) is 18.9 Å². The molecule has 240 valence electrons. The highest BCUT2D eigenvalue weighted by Gasteiger charge is 2.25. The van der Waals surface area contributed by atoms with Crippen molar-refractivity contribution in [2.75, 3.05) is 0 Å². The zero-order chi connectivity index (χ0) is 33.9. The van der Waals surface area contributed by atoms with Crippen molar-refractivity contribution in [2.24, 2.45) is 0 Å². The molecule has 4 aromatic heterocycles. The van der Waals surface area contributed by atoms with Crippen LogP contribution in [0.5, 0.6) is 0 Å². The van der Waals surface area contributed by atoms with E-state index in [0.717, 1.165) is 49.9 Å². The third kappa shape index (κ3) is 3.60. The van der Waals surface area contributed by atoms with E-state index in [1.54, 1.807) is 0 Å². The summed E-state index contributed by atoms with van der Waals surface area (Å²) in [6.45, 7) is 0. The second-order valence-corrected chi connectivity index (χ2v) is 13.7. The number of rotatable bonds is 3. The number of fused-ring (bicyclic) bond motifs is 8. The lowest BCUT2D eigenvalue weighted by Crippen LogP contribution is -2.04. The Morgan fingerprint density at radius 3 is 1.85 bits per heavy atom. The van der Waals surface area contributed by atoms with Gasteiger partial charge in [0.05, 0.1) is 38.6 Å². The molecule has 0 saturated carbocycles. The summed E-state index contributed by atoms with van der Waals surface area (Å²) in [5.41, 5.74) is 12.0. The standard InChI is InChI=1S/C48H28N4/c1-3-13-29(14-4-1)32-19-10-23-38-42(32)36-22-9-21-35-34-20-11-24-39-43(34)44-40(51(38)47(35)36)25-12-26-41(44)52(39)48-45(31-16-5-2-6-17-31)49-37-28-27-30-15-7-8-18-33(30)46(37)50-48/h1-28H. The van der Waals surface area contributed by atoms with Gasteiger partial charge >= 0.3 is 0 Å². The van der Waals surface area contributed by atoms with Gasteiger partial charge < -0.3 is 4.40 Å². The first-order chi connectivity index (χ1) is 25.8. The first kappa shape index (κ1) is 27.7. The van der Waals surface area contributed by atoms with Gasteiger partial charge in [0.2, 0.25) is 0 Å². The van der Waals surface area contributed by atoms with Crippen LogP contribution in [0.1, 0.15) is 0 Å². The van der Waals surface area contributed by atoms with Gasteiger partial charge in [0.1, 0.15) is 5.69 Å². The van der Waals surface area contributed by atoms with Crippen LogP contribution >= 0.6 is 0 Å². The molecule has 0 N–H and O–H groups in total. The van der Waals surface area contributed by atoms with Crippen molar-refractivity contribution >= 4 is 81.7 Å². The van der Waals surface area contributed by atoms with Crippen LogP contribution in [0.4, 0.5) is 0 Å². The molecule has 12 rings (SSSR count). The maximum atomic E-state index is 5.59. The summed E-state index contributed by atoms with van der Waals surface area (Å²) >= 11 is 0. The molecule has 0 atom stereocenters. The molecule has 52 heavy (non-hydrogen) atoms. The molecule has 4 heterocycles. The van der Waals surface area contributed by atoms with Crippen molar-refractivity contribution in [3.8, 4) is 28.2 Å². The third-order valence-electron chi connectivity index (χ3n) is 11.0. The first-order valence-electron chi connectivity index (χ1n) is 17.8. The minimum atomic E-state index is 0.826. The molecule has 0 fully saturated rings. The average molecular weight is 661 g/mol. The fraction of sp³-hybridized carbons (Fsp3) is 0. The Labute approximate surface area is 297 Å². The van der Waals surface area contributed by atoms with E-state index in [0.29, 0.717) is 0 Å². The van der Waals surface area contributed by atoms with E-state index in [1.165, 1.54) is 60.0 Å². The Kier molecular flexibility index (Phi) is 5.47. The average Bonchev–Trinajstić information content (AvgIpc) is 3.70. The largest absolute Gasteiger partial charge is 0.308 e. The van der Waals surface area contributed by atoms with Crippen LogP contribution in [0.2, 0.25) is 0 Å². The van der Waals surface area contributed by atoms with Gasteiger partial charge in [-0.3, -0.25) is 4.57 Å². The Morgan fingerprint density at radius 2 is 1.00 bits per heavy atom. The summed E-state index contributed by atoms with van der Waals surface area (Å²) < 4.78 is 4.87. The number of hydrogen-bond acceptors (Lipinski definition) is 2. The summed E-state index contributed by atoms with van der Waals surface area (Å²) in [6.07, 6.45) is 0. The van der Waals surface area contributed by atoms with Crippen LogP contribution in [0.3, 0.4) is 0 Å². The van der Waals surface area contributed by atoms with Crippen LogP contribution in [0.15, 0.2) is 170 Å². The highest BCUT2D eigenvalue weighted by Crippen LogP contribution is 2.46. The normalized spacial score (nSPS) is 12.2. The molecule has 8 aromatic carbocycles.